The Hall–Kier alpha value is -1.06. The number of rotatable bonds is 6. The number of hydrogen-bond donors (Lipinski definition) is 0. The third kappa shape index (κ3) is 6.46. The molecule has 0 aliphatic rings. The number of esters is 2. The van der Waals surface area contributed by atoms with Crippen molar-refractivity contribution in [3.05, 3.63) is 0 Å². The Bertz CT molecular complexity index is 189. The minimum Gasteiger partial charge on any atom is -0.469 e. The highest BCUT2D eigenvalue weighted by Crippen LogP contribution is 2.09. The number of methoxy groups -OCH3 is 1. The van der Waals surface area contributed by atoms with Gasteiger partial charge in [0.05, 0.1) is 7.11 Å². The second-order valence-corrected chi connectivity index (χ2v) is 3.11. The average Bonchev–Trinajstić information content (AvgIpc) is 2.15. The van der Waals surface area contributed by atoms with Crippen molar-refractivity contribution in [3.8, 4) is 0 Å². The summed E-state index contributed by atoms with van der Waals surface area (Å²) < 4.78 is 9.52. The predicted octanol–water partition coefficient (Wildman–Crippen LogP) is 1.67. The molecule has 0 aliphatic heterocycles. The fraction of sp³-hybridized carbons (Fsp3) is 0.800. The van der Waals surface area contributed by atoms with Gasteiger partial charge in [-0.05, 0) is 19.3 Å². The largest absolute Gasteiger partial charge is 0.469 e. The molecule has 4 nitrogen and oxygen atoms in total. The third-order valence-electron chi connectivity index (χ3n) is 1.92. The van der Waals surface area contributed by atoms with Crippen LogP contribution < -0.4 is 0 Å². The van der Waals surface area contributed by atoms with E-state index in [0.717, 1.165) is 6.42 Å². The second kappa shape index (κ2) is 7.35. The molecule has 0 aromatic heterocycles. The van der Waals surface area contributed by atoms with E-state index in [-0.39, 0.29) is 18.0 Å². The Balaban J connectivity index is 3.62. The van der Waals surface area contributed by atoms with Crippen LogP contribution in [0.5, 0.6) is 0 Å². The first-order valence-corrected chi connectivity index (χ1v) is 4.84. The Morgan fingerprint density at radius 3 is 2.43 bits per heavy atom. The van der Waals surface area contributed by atoms with Crippen LogP contribution >= 0.6 is 0 Å². The first kappa shape index (κ1) is 12.9. The molecule has 0 rings (SSSR count). The van der Waals surface area contributed by atoms with Gasteiger partial charge in [0.25, 0.3) is 0 Å². The molecule has 0 radical (unpaired) electrons. The minimum absolute atomic E-state index is 0.0721. The van der Waals surface area contributed by atoms with E-state index in [2.05, 4.69) is 4.74 Å². The van der Waals surface area contributed by atoms with Gasteiger partial charge in [-0.3, -0.25) is 9.59 Å². The fourth-order valence-electron chi connectivity index (χ4n) is 1.16. The maximum absolute atomic E-state index is 10.8. The van der Waals surface area contributed by atoms with Crippen molar-refractivity contribution >= 4 is 11.9 Å². The van der Waals surface area contributed by atoms with E-state index in [1.807, 2.05) is 6.92 Å². The molecule has 0 spiro atoms. The molecule has 4 heteroatoms. The Labute approximate surface area is 84.6 Å². The lowest BCUT2D eigenvalue weighted by Gasteiger charge is -2.14. The lowest BCUT2D eigenvalue weighted by Crippen LogP contribution is -2.15. The fourth-order valence-corrected chi connectivity index (χ4v) is 1.16. The summed E-state index contributed by atoms with van der Waals surface area (Å²) in [7, 11) is 1.37. The van der Waals surface area contributed by atoms with Gasteiger partial charge >= 0.3 is 11.9 Å². The van der Waals surface area contributed by atoms with Gasteiger partial charge in [0, 0.05) is 13.3 Å². The van der Waals surface area contributed by atoms with Crippen molar-refractivity contribution < 1.29 is 19.1 Å². The second-order valence-electron chi connectivity index (χ2n) is 3.11. The maximum atomic E-state index is 10.8. The molecule has 0 saturated heterocycles. The molecule has 1 unspecified atom stereocenters. The Kier molecular flexibility index (Phi) is 6.80. The van der Waals surface area contributed by atoms with Crippen LogP contribution in [0, 0.1) is 0 Å². The van der Waals surface area contributed by atoms with Gasteiger partial charge in [-0.2, -0.15) is 0 Å². The summed E-state index contributed by atoms with van der Waals surface area (Å²) in [5.74, 6) is -0.488. The van der Waals surface area contributed by atoms with Crippen molar-refractivity contribution in [1.82, 2.24) is 0 Å². The van der Waals surface area contributed by atoms with Gasteiger partial charge < -0.3 is 9.47 Å². The van der Waals surface area contributed by atoms with Gasteiger partial charge in [0.15, 0.2) is 0 Å². The van der Waals surface area contributed by atoms with Crippen LogP contribution in [0.25, 0.3) is 0 Å². The van der Waals surface area contributed by atoms with Gasteiger partial charge in [0.1, 0.15) is 6.10 Å². The van der Waals surface area contributed by atoms with E-state index in [1.54, 1.807) is 0 Å². The van der Waals surface area contributed by atoms with Gasteiger partial charge in [-0.15, -0.1) is 0 Å². The monoisotopic (exact) mass is 202 g/mol. The third-order valence-corrected chi connectivity index (χ3v) is 1.92. The molecule has 14 heavy (non-hydrogen) atoms. The molecular formula is C10H18O4. The summed E-state index contributed by atoms with van der Waals surface area (Å²) in [5.41, 5.74) is 0. The molecule has 0 amide bonds. The molecule has 0 saturated carbocycles. The molecule has 0 heterocycles. The molecule has 0 aromatic carbocycles. The molecule has 0 fully saturated rings. The minimum atomic E-state index is -0.269. The van der Waals surface area contributed by atoms with Crippen LogP contribution in [0.3, 0.4) is 0 Å². The van der Waals surface area contributed by atoms with Crippen molar-refractivity contribution in [1.29, 1.82) is 0 Å². The van der Waals surface area contributed by atoms with Crippen LogP contribution in [0.4, 0.5) is 0 Å². The van der Waals surface area contributed by atoms with E-state index in [0.29, 0.717) is 19.3 Å². The highest BCUT2D eigenvalue weighted by Gasteiger charge is 2.10. The molecule has 0 aliphatic carbocycles. The Morgan fingerprint density at radius 2 is 2.00 bits per heavy atom. The summed E-state index contributed by atoms with van der Waals surface area (Å²) in [6.45, 7) is 3.34. The summed E-state index contributed by atoms with van der Waals surface area (Å²) in [6, 6.07) is 0. The zero-order valence-electron chi connectivity index (χ0n) is 9.04. The van der Waals surface area contributed by atoms with Gasteiger partial charge in [-0.25, -0.2) is 0 Å². The van der Waals surface area contributed by atoms with Crippen molar-refractivity contribution in [2.45, 2.75) is 45.6 Å². The maximum Gasteiger partial charge on any atom is 0.305 e. The van der Waals surface area contributed by atoms with E-state index in [1.165, 1.54) is 14.0 Å². The molecular weight excluding hydrogens is 184 g/mol. The van der Waals surface area contributed by atoms with Gasteiger partial charge in [0.2, 0.25) is 0 Å². The molecule has 82 valence electrons. The molecule has 1 atom stereocenters. The average molecular weight is 202 g/mol. The predicted molar refractivity (Wildman–Crippen MR) is 51.7 cm³/mol. The summed E-state index contributed by atoms with van der Waals surface area (Å²) >= 11 is 0. The Morgan fingerprint density at radius 1 is 1.36 bits per heavy atom. The molecule has 0 bridgehead atoms. The summed E-state index contributed by atoms with van der Waals surface area (Å²) in [4.78, 5) is 21.4. The quantitative estimate of drug-likeness (QED) is 0.615. The van der Waals surface area contributed by atoms with E-state index in [9.17, 15) is 9.59 Å². The molecule has 0 aromatic rings. The summed E-state index contributed by atoms with van der Waals surface area (Å²) in [6.07, 6.45) is 2.50. The summed E-state index contributed by atoms with van der Waals surface area (Å²) in [5, 5.41) is 0. The standard InChI is InChI=1S/C10H18O4/c1-4-9(14-8(2)11)6-5-7-10(12)13-3/h9H,4-7H2,1-3H3. The van der Waals surface area contributed by atoms with E-state index < -0.39 is 0 Å². The number of carbonyl (C=O) groups excluding carboxylic acids is 2. The highest BCUT2D eigenvalue weighted by atomic mass is 16.5. The van der Waals surface area contributed by atoms with Crippen LogP contribution in [0.1, 0.15) is 39.5 Å². The number of hydrogen-bond acceptors (Lipinski definition) is 4. The van der Waals surface area contributed by atoms with Crippen molar-refractivity contribution in [2.75, 3.05) is 7.11 Å². The smallest absolute Gasteiger partial charge is 0.305 e. The lowest BCUT2D eigenvalue weighted by atomic mass is 10.1. The van der Waals surface area contributed by atoms with Gasteiger partial charge in [-0.1, -0.05) is 6.92 Å². The van der Waals surface area contributed by atoms with Crippen molar-refractivity contribution in [2.24, 2.45) is 0 Å². The number of carbonyl (C=O) groups is 2. The van der Waals surface area contributed by atoms with E-state index in [4.69, 9.17) is 4.74 Å². The first-order chi connectivity index (χ1) is 6.60. The SMILES string of the molecule is CCC(CCCC(=O)OC)OC(C)=O. The normalized spacial score (nSPS) is 11.9. The molecule has 0 N–H and O–H groups in total. The number of ether oxygens (including phenoxy) is 2. The lowest BCUT2D eigenvalue weighted by molar-refractivity contribution is -0.146. The zero-order chi connectivity index (χ0) is 11.0. The van der Waals surface area contributed by atoms with Crippen LogP contribution in [-0.2, 0) is 19.1 Å². The van der Waals surface area contributed by atoms with Crippen LogP contribution in [0.15, 0.2) is 0 Å². The van der Waals surface area contributed by atoms with Crippen molar-refractivity contribution in [3.63, 3.8) is 0 Å². The van der Waals surface area contributed by atoms with E-state index >= 15 is 0 Å². The first-order valence-electron chi connectivity index (χ1n) is 4.84. The zero-order valence-corrected chi connectivity index (χ0v) is 9.04. The highest BCUT2D eigenvalue weighted by molar-refractivity contribution is 5.69. The topological polar surface area (TPSA) is 52.6 Å². The van der Waals surface area contributed by atoms with Crippen LogP contribution in [0.2, 0.25) is 0 Å². The van der Waals surface area contributed by atoms with Crippen LogP contribution in [-0.4, -0.2) is 25.2 Å².